The van der Waals surface area contributed by atoms with E-state index in [2.05, 4.69) is 14.7 Å². The Balaban J connectivity index is 1.75. The molecule has 14 heteroatoms. The minimum Gasteiger partial charge on any atom is -0.493 e. The number of ether oxygens (including phenoxy) is 4. The van der Waals surface area contributed by atoms with Crippen LogP contribution in [0.5, 0.6) is 23.1 Å². The van der Waals surface area contributed by atoms with Crippen LogP contribution in [0.1, 0.15) is 53.5 Å². The van der Waals surface area contributed by atoms with Crippen molar-refractivity contribution in [2.45, 2.75) is 63.9 Å². The molecule has 0 bridgehead atoms. The number of piperazine rings is 1. The monoisotopic (exact) mass is 671 g/mol. The second-order valence-corrected chi connectivity index (χ2v) is 14.7. The fourth-order valence-corrected chi connectivity index (χ4v) is 5.61. The van der Waals surface area contributed by atoms with Crippen molar-refractivity contribution in [3.63, 3.8) is 0 Å². The Labute approximate surface area is 276 Å². The van der Waals surface area contributed by atoms with E-state index in [-0.39, 0.29) is 52.7 Å². The number of nitrogens with zero attached hydrogens (tertiary/aromatic N) is 4. The minimum absolute atomic E-state index is 0.0302. The van der Waals surface area contributed by atoms with Crippen molar-refractivity contribution >= 4 is 27.9 Å². The number of rotatable bonds is 11. The lowest BCUT2D eigenvalue weighted by atomic mass is 9.87. The second-order valence-electron chi connectivity index (χ2n) is 13.0. The number of methoxy groups -OCH3 is 1. The highest BCUT2D eigenvalue weighted by molar-refractivity contribution is 7.92. The van der Waals surface area contributed by atoms with Gasteiger partial charge in [0.25, 0.3) is 15.9 Å². The molecule has 0 radical (unpaired) electrons. The number of benzene rings is 2. The highest BCUT2D eigenvalue weighted by Gasteiger charge is 2.30. The molecule has 256 valence electrons. The Morgan fingerprint density at radius 3 is 2.15 bits per heavy atom. The van der Waals surface area contributed by atoms with Crippen molar-refractivity contribution in [2.75, 3.05) is 56.1 Å². The van der Waals surface area contributed by atoms with Crippen LogP contribution in [0.2, 0.25) is 0 Å². The Morgan fingerprint density at radius 1 is 0.936 bits per heavy atom. The van der Waals surface area contributed by atoms with E-state index < -0.39 is 21.7 Å². The quantitative estimate of drug-likeness (QED) is 0.259. The average molecular weight is 672 g/mol. The van der Waals surface area contributed by atoms with Gasteiger partial charge in [-0.1, -0.05) is 45.0 Å². The van der Waals surface area contributed by atoms with E-state index in [0.717, 1.165) is 5.56 Å². The van der Waals surface area contributed by atoms with Gasteiger partial charge >= 0.3 is 6.09 Å². The van der Waals surface area contributed by atoms with E-state index >= 15 is 0 Å². The molecule has 3 aromatic rings. The summed E-state index contributed by atoms with van der Waals surface area (Å²) >= 11 is 0. The van der Waals surface area contributed by atoms with Gasteiger partial charge in [0.05, 0.1) is 18.6 Å². The molecule has 0 unspecified atom stereocenters. The van der Waals surface area contributed by atoms with Gasteiger partial charge in [0.2, 0.25) is 11.7 Å². The molecule has 0 atom stereocenters. The summed E-state index contributed by atoms with van der Waals surface area (Å²) in [5.74, 6) is 0.556. The topological polar surface area (TPSA) is 153 Å². The van der Waals surface area contributed by atoms with Crippen LogP contribution >= 0.6 is 0 Å². The number of amides is 1. The number of hydrogen-bond acceptors (Lipinski definition) is 11. The van der Waals surface area contributed by atoms with Crippen molar-refractivity contribution < 1.29 is 37.3 Å². The van der Waals surface area contributed by atoms with E-state index in [9.17, 15) is 18.3 Å². The van der Waals surface area contributed by atoms with Crippen LogP contribution in [0.25, 0.3) is 0 Å². The number of aliphatic hydroxyl groups excluding tert-OH is 1. The predicted octanol–water partition coefficient (Wildman–Crippen LogP) is 5.19. The Bertz CT molecular complexity index is 1630. The minimum atomic E-state index is -4.17. The first-order valence-corrected chi connectivity index (χ1v) is 16.9. The molecule has 1 aromatic heterocycles. The van der Waals surface area contributed by atoms with Crippen LogP contribution in [0.3, 0.4) is 0 Å². The molecule has 4 rings (SSSR count). The molecular formula is C33H45N5O8S. The third-order valence-electron chi connectivity index (χ3n) is 7.12. The van der Waals surface area contributed by atoms with Gasteiger partial charge in [-0.05, 0) is 56.0 Å². The molecule has 2 N–H and O–H groups in total. The molecule has 1 amide bonds. The molecule has 1 fully saturated rings. The Kier molecular flexibility index (Phi) is 11.1. The maximum Gasteiger partial charge on any atom is 0.410 e. The van der Waals surface area contributed by atoms with Gasteiger partial charge in [0.1, 0.15) is 5.60 Å². The zero-order chi connectivity index (χ0) is 34.4. The van der Waals surface area contributed by atoms with E-state index in [1.807, 2.05) is 46.4 Å². The third kappa shape index (κ3) is 9.38. The van der Waals surface area contributed by atoms with Crippen LogP contribution in [-0.2, 0) is 20.2 Å². The zero-order valence-corrected chi connectivity index (χ0v) is 28.9. The van der Waals surface area contributed by atoms with Gasteiger partial charge < -0.3 is 33.9 Å². The fraction of sp³-hybridized carbons (Fsp3) is 0.485. The molecule has 1 aliphatic rings. The number of sulfonamides is 1. The molecular weight excluding hydrogens is 626 g/mol. The number of anilines is 2. The lowest BCUT2D eigenvalue weighted by Crippen LogP contribution is -2.50. The van der Waals surface area contributed by atoms with Crippen molar-refractivity contribution in [3.8, 4) is 23.1 Å². The van der Waals surface area contributed by atoms with Crippen molar-refractivity contribution in [3.05, 3.63) is 54.1 Å². The molecule has 1 aliphatic heterocycles. The number of aliphatic hydroxyl groups is 1. The summed E-state index contributed by atoms with van der Waals surface area (Å²) in [7, 11) is -2.68. The van der Waals surface area contributed by atoms with Gasteiger partial charge in [-0.3, -0.25) is 4.72 Å². The third-order valence-corrected chi connectivity index (χ3v) is 8.48. The van der Waals surface area contributed by atoms with E-state index in [1.165, 1.54) is 7.11 Å². The summed E-state index contributed by atoms with van der Waals surface area (Å²) in [6.07, 6.45) is -0.124. The normalized spacial score (nSPS) is 14.0. The molecule has 47 heavy (non-hydrogen) atoms. The number of hydrogen-bond donors (Lipinski definition) is 2. The lowest BCUT2D eigenvalue weighted by molar-refractivity contribution is 0.0240. The van der Waals surface area contributed by atoms with Crippen molar-refractivity contribution in [1.82, 2.24) is 14.9 Å². The highest BCUT2D eigenvalue weighted by atomic mass is 32.2. The summed E-state index contributed by atoms with van der Waals surface area (Å²) in [5, 5.41) is 9.42. The summed E-state index contributed by atoms with van der Waals surface area (Å²) < 4.78 is 53.3. The van der Waals surface area contributed by atoms with Gasteiger partial charge in [-0.15, -0.1) is 0 Å². The van der Waals surface area contributed by atoms with Gasteiger partial charge in [0.15, 0.2) is 17.3 Å². The fourth-order valence-electron chi connectivity index (χ4n) is 4.60. The summed E-state index contributed by atoms with van der Waals surface area (Å²) in [5.41, 5.74) is 0.182. The average Bonchev–Trinajstić information content (AvgIpc) is 3.01. The number of aromatic nitrogens is 2. The van der Waals surface area contributed by atoms with Gasteiger partial charge in [-0.25, -0.2) is 13.2 Å². The van der Waals surface area contributed by atoms with E-state index in [0.29, 0.717) is 38.3 Å². The van der Waals surface area contributed by atoms with Crippen LogP contribution in [0.4, 0.5) is 16.6 Å². The van der Waals surface area contributed by atoms with Gasteiger partial charge in [-0.2, -0.15) is 9.97 Å². The first-order valence-electron chi connectivity index (χ1n) is 15.4. The van der Waals surface area contributed by atoms with Crippen LogP contribution in [0, 0.1) is 0 Å². The maximum absolute atomic E-state index is 13.8. The van der Waals surface area contributed by atoms with Gasteiger partial charge in [0, 0.05) is 39.2 Å². The Hall–Kier alpha value is -4.30. The second kappa shape index (κ2) is 14.6. The number of nitrogens with one attached hydrogen (secondary N) is 1. The lowest BCUT2D eigenvalue weighted by Gasteiger charge is -2.35. The molecule has 0 aliphatic carbocycles. The summed E-state index contributed by atoms with van der Waals surface area (Å²) in [4.78, 5) is 25.4. The van der Waals surface area contributed by atoms with Crippen molar-refractivity contribution in [2.24, 2.45) is 0 Å². The summed E-state index contributed by atoms with van der Waals surface area (Å²) in [6.45, 7) is 12.9. The van der Waals surface area contributed by atoms with E-state index in [4.69, 9.17) is 18.9 Å². The molecule has 0 saturated carbocycles. The van der Waals surface area contributed by atoms with Crippen LogP contribution < -0.4 is 23.8 Å². The highest BCUT2D eigenvalue weighted by Crippen LogP contribution is 2.42. The molecule has 2 heterocycles. The van der Waals surface area contributed by atoms with E-state index in [1.54, 1.807) is 53.4 Å². The standard InChI is InChI=1S/C33H45N5O8S/c1-32(2,3)23-13-15-24(16-14-23)47(41,42)36-28-27(45-26-12-9-8-11-25(26)43-7)29(44-22-10-21-39)35-30(34-28)37-17-19-38(20-18-37)31(40)46-33(4,5)6/h8-9,11-16,39H,10,17-22H2,1-7H3,(H,34,35,36). The number of para-hydroxylation sites is 2. The SMILES string of the molecule is COc1ccccc1Oc1c(NS(=O)(=O)c2ccc(C(C)(C)C)cc2)nc(N2CCN(C(=O)OC(C)(C)C)CC2)nc1OCCCO. The maximum atomic E-state index is 13.8. The molecule has 2 aromatic carbocycles. The molecule has 13 nitrogen and oxygen atoms in total. The Morgan fingerprint density at radius 2 is 1.57 bits per heavy atom. The number of carbonyl (C=O) groups excluding carboxylic acids is 1. The number of carbonyl (C=O) groups is 1. The molecule has 1 saturated heterocycles. The first kappa shape index (κ1) is 35.6. The smallest absolute Gasteiger partial charge is 0.410 e. The first-order chi connectivity index (χ1) is 22.1. The van der Waals surface area contributed by atoms with Crippen molar-refractivity contribution in [1.29, 1.82) is 0 Å². The largest absolute Gasteiger partial charge is 0.493 e. The predicted molar refractivity (Wildman–Crippen MR) is 178 cm³/mol. The zero-order valence-electron chi connectivity index (χ0n) is 28.1. The summed E-state index contributed by atoms with van der Waals surface area (Å²) in [6, 6.07) is 13.5. The molecule has 0 spiro atoms. The van der Waals surface area contributed by atoms with Crippen LogP contribution in [-0.4, -0.2) is 86.6 Å². The van der Waals surface area contributed by atoms with Crippen LogP contribution in [0.15, 0.2) is 53.4 Å².